The molecule has 0 aliphatic carbocycles. The molecule has 1 saturated heterocycles. The predicted octanol–water partition coefficient (Wildman–Crippen LogP) is 2.80. The number of benzene rings is 1. The van der Waals surface area contributed by atoms with Gasteiger partial charge in [-0.3, -0.25) is 4.79 Å². The number of nitrogens with zero attached hydrogens (tertiary/aromatic N) is 4. The fourth-order valence-corrected chi connectivity index (χ4v) is 3.01. The molecule has 0 bridgehead atoms. The molecule has 8 heteroatoms. The van der Waals surface area contributed by atoms with Crippen LogP contribution in [-0.4, -0.2) is 39.0 Å². The Morgan fingerprint density at radius 1 is 1.36 bits per heavy atom. The minimum Gasteiger partial charge on any atom is -0.440 e. The van der Waals surface area contributed by atoms with E-state index < -0.39 is 5.82 Å². The maximum absolute atomic E-state index is 13.9. The highest BCUT2D eigenvalue weighted by Gasteiger charge is 2.32. The lowest BCUT2D eigenvalue weighted by molar-refractivity contribution is 0.0783. The first-order chi connectivity index (χ1) is 12.1. The summed E-state index contributed by atoms with van der Waals surface area (Å²) in [5.74, 6) is 0.426. The summed E-state index contributed by atoms with van der Waals surface area (Å²) in [5, 5.41) is 3.84. The lowest BCUT2D eigenvalue weighted by Gasteiger charge is -2.14. The number of oxazole rings is 1. The van der Waals surface area contributed by atoms with Gasteiger partial charge in [0.05, 0.1) is 5.56 Å². The summed E-state index contributed by atoms with van der Waals surface area (Å²) < 4.78 is 24.2. The Morgan fingerprint density at radius 3 is 2.96 bits per heavy atom. The Labute approximate surface area is 142 Å². The molecule has 7 nitrogen and oxygen atoms in total. The third kappa shape index (κ3) is 2.79. The van der Waals surface area contributed by atoms with E-state index in [4.69, 9.17) is 8.94 Å². The van der Waals surface area contributed by atoms with E-state index in [1.165, 1.54) is 12.5 Å². The molecule has 1 aliphatic rings. The molecule has 1 unspecified atom stereocenters. The van der Waals surface area contributed by atoms with Crippen LogP contribution in [0.4, 0.5) is 4.39 Å². The molecule has 0 spiro atoms. The minimum absolute atomic E-state index is 0.0425. The largest absolute Gasteiger partial charge is 0.440 e. The molecule has 3 heterocycles. The molecular formula is C17H15FN4O3. The third-order valence-electron chi connectivity index (χ3n) is 4.32. The number of likely N-dealkylation sites (tertiary alicyclic amines) is 1. The van der Waals surface area contributed by atoms with E-state index in [-0.39, 0.29) is 29.0 Å². The van der Waals surface area contributed by atoms with E-state index in [0.717, 1.165) is 6.42 Å². The van der Waals surface area contributed by atoms with Crippen LogP contribution in [0.1, 0.15) is 34.4 Å². The zero-order chi connectivity index (χ0) is 17.4. The van der Waals surface area contributed by atoms with Crippen molar-refractivity contribution in [2.45, 2.75) is 19.3 Å². The second-order valence-corrected chi connectivity index (χ2v) is 5.93. The maximum Gasteiger partial charge on any atom is 0.276 e. The summed E-state index contributed by atoms with van der Waals surface area (Å²) in [6.45, 7) is 2.70. The number of aryl methyl sites for hydroxylation is 1. The van der Waals surface area contributed by atoms with Crippen molar-refractivity contribution in [3.8, 4) is 11.5 Å². The Kier molecular flexibility index (Phi) is 3.79. The molecule has 2 aromatic heterocycles. The molecule has 1 aliphatic heterocycles. The van der Waals surface area contributed by atoms with Gasteiger partial charge in [-0.05, 0) is 25.5 Å². The van der Waals surface area contributed by atoms with E-state index in [1.807, 2.05) is 0 Å². The average molecular weight is 342 g/mol. The molecule has 1 aromatic carbocycles. The Hall–Kier alpha value is -3.03. The molecule has 25 heavy (non-hydrogen) atoms. The van der Waals surface area contributed by atoms with Crippen molar-refractivity contribution in [3.63, 3.8) is 0 Å². The summed E-state index contributed by atoms with van der Waals surface area (Å²) in [4.78, 5) is 22.7. The van der Waals surface area contributed by atoms with Crippen LogP contribution in [0.25, 0.3) is 11.5 Å². The summed E-state index contributed by atoms with van der Waals surface area (Å²) >= 11 is 0. The highest BCUT2D eigenvalue weighted by Crippen LogP contribution is 2.28. The number of aromatic nitrogens is 3. The summed E-state index contributed by atoms with van der Waals surface area (Å²) in [6.07, 6.45) is 2.03. The molecule has 128 valence electrons. The van der Waals surface area contributed by atoms with Crippen molar-refractivity contribution in [2.75, 3.05) is 13.1 Å². The zero-order valence-corrected chi connectivity index (χ0v) is 13.5. The molecule has 0 saturated carbocycles. The molecule has 4 rings (SSSR count). The number of halogens is 1. The van der Waals surface area contributed by atoms with Crippen LogP contribution in [0.3, 0.4) is 0 Å². The second kappa shape index (κ2) is 6.12. The number of amides is 1. The van der Waals surface area contributed by atoms with Crippen molar-refractivity contribution >= 4 is 5.91 Å². The molecule has 0 radical (unpaired) electrons. The highest BCUT2D eigenvalue weighted by atomic mass is 19.1. The Balaban J connectivity index is 1.56. The van der Waals surface area contributed by atoms with Crippen LogP contribution in [0.5, 0.6) is 0 Å². The van der Waals surface area contributed by atoms with Crippen molar-refractivity contribution in [1.29, 1.82) is 0 Å². The first-order valence-electron chi connectivity index (χ1n) is 7.91. The molecule has 1 amide bonds. The number of rotatable bonds is 3. The summed E-state index contributed by atoms with van der Waals surface area (Å²) in [5.41, 5.74) is 0.433. The molecule has 3 aromatic rings. The van der Waals surface area contributed by atoms with Crippen LogP contribution >= 0.6 is 0 Å². The second-order valence-electron chi connectivity index (χ2n) is 5.93. The van der Waals surface area contributed by atoms with E-state index >= 15 is 0 Å². The lowest BCUT2D eigenvalue weighted by Crippen LogP contribution is -2.29. The molecule has 0 N–H and O–H groups in total. The number of hydrogen-bond donors (Lipinski definition) is 0. The van der Waals surface area contributed by atoms with Crippen molar-refractivity contribution in [1.82, 2.24) is 20.0 Å². The number of carbonyl (C=O) groups excluding carboxylic acids is 1. The predicted molar refractivity (Wildman–Crippen MR) is 84.2 cm³/mol. The first kappa shape index (κ1) is 15.5. The normalized spacial score (nSPS) is 17.2. The monoisotopic (exact) mass is 342 g/mol. The van der Waals surface area contributed by atoms with Crippen LogP contribution in [0.15, 0.2) is 39.6 Å². The van der Waals surface area contributed by atoms with E-state index in [1.54, 1.807) is 30.0 Å². The smallest absolute Gasteiger partial charge is 0.276 e. The van der Waals surface area contributed by atoms with Gasteiger partial charge in [0.15, 0.2) is 11.5 Å². The van der Waals surface area contributed by atoms with Crippen LogP contribution in [0, 0.1) is 12.7 Å². The van der Waals surface area contributed by atoms with Crippen molar-refractivity contribution < 1.29 is 18.1 Å². The summed E-state index contributed by atoms with van der Waals surface area (Å²) in [7, 11) is 0. The molecule has 1 fully saturated rings. The fraction of sp³-hybridized carbons (Fsp3) is 0.294. The zero-order valence-electron chi connectivity index (χ0n) is 13.5. The Morgan fingerprint density at radius 2 is 2.20 bits per heavy atom. The van der Waals surface area contributed by atoms with Crippen LogP contribution in [0.2, 0.25) is 0 Å². The quantitative estimate of drug-likeness (QED) is 0.727. The van der Waals surface area contributed by atoms with Crippen LogP contribution < -0.4 is 0 Å². The topological polar surface area (TPSA) is 85.3 Å². The van der Waals surface area contributed by atoms with Gasteiger partial charge < -0.3 is 13.8 Å². The van der Waals surface area contributed by atoms with Gasteiger partial charge in [-0.2, -0.15) is 4.98 Å². The number of carbonyl (C=O) groups is 1. The van der Waals surface area contributed by atoms with E-state index in [0.29, 0.717) is 24.7 Å². The minimum atomic E-state index is -0.443. The summed E-state index contributed by atoms with van der Waals surface area (Å²) in [6, 6.07) is 6.17. The van der Waals surface area contributed by atoms with Gasteiger partial charge in [-0.25, -0.2) is 9.37 Å². The number of hydrogen-bond acceptors (Lipinski definition) is 6. The average Bonchev–Trinajstić information content (AvgIpc) is 3.35. The van der Waals surface area contributed by atoms with Crippen molar-refractivity contribution in [3.05, 3.63) is 53.8 Å². The van der Waals surface area contributed by atoms with Gasteiger partial charge in [0.1, 0.15) is 11.6 Å². The first-order valence-corrected chi connectivity index (χ1v) is 7.91. The SMILES string of the molecule is Cc1oc(-c2ccccc2F)nc1C(=O)N1CCC(c2ncon2)C1. The lowest BCUT2D eigenvalue weighted by atomic mass is 10.1. The van der Waals surface area contributed by atoms with Gasteiger partial charge in [-0.15, -0.1) is 0 Å². The van der Waals surface area contributed by atoms with E-state index in [9.17, 15) is 9.18 Å². The highest BCUT2D eigenvalue weighted by molar-refractivity contribution is 5.94. The Bertz CT molecular complexity index is 907. The standard InChI is InChI=1S/C17H15FN4O3/c1-10-14(20-16(25-10)12-4-2-3-5-13(12)18)17(23)22-7-6-11(8-22)15-19-9-24-21-15/h2-5,9,11H,6-8H2,1H3. The van der Waals surface area contributed by atoms with Gasteiger partial charge in [0.2, 0.25) is 12.3 Å². The van der Waals surface area contributed by atoms with Gasteiger partial charge in [0, 0.05) is 19.0 Å². The fourth-order valence-electron chi connectivity index (χ4n) is 3.01. The maximum atomic E-state index is 13.9. The van der Waals surface area contributed by atoms with Gasteiger partial charge in [-0.1, -0.05) is 17.3 Å². The van der Waals surface area contributed by atoms with Crippen molar-refractivity contribution in [2.24, 2.45) is 0 Å². The van der Waals surface area contributed by atoms with Gasteiger partial charge >= 0.3 is 0 Å². The van der Waals surface area contributed by atoms with E-state index in [2.05, 4.69) is 15.1 Å². The van der Waals surface area contributed by atoms with Crippen LogP contribution in [-0.2, 0) is 0 Å². The third-order valence-corrected chi connectivity index (χ3v) is 4.32. The molecule has 1 atom stereocenters. The van der Waals surface area contributed by atoms with Gasteiger partial charge in [0.25, 0.3) is 5.91 Å². The molecular weight excluding hydrogens is 327 g/mol.